The number of nitrogens with one attached hydrogen (secondary N) is 1. The van der Waals surface area contributed by atoms with Crippen molar-refractivity contribution in [3.8, 4) is 11.5 Å². The number of aromatic amines is 1. The first-order valence-electron chi connectivity index (χ1n) is 7.95. The number of aromatic nitrogens is 2. The maximum absolute atomic E-state index is 5.38. The second-order valence-corrected chi connectivity index (χ2v) is 6.19. The van der Waals surface area contributed by atoms with E-state index in [1.54, 1.807) is 6.26 Å². The van der Waals surface area contributed by atoms with Crippen molar-refractivity contribution in [2.75, 3.05) is 0 Å². The van der Waals surface area contributed by atoms with Crippen LogP contribution in [0.25, 0.3) is 11.5 Å². The van der Waals surface area contributed by atoms with Gasteiger partial charge >= 0.3 is 0 Å². The highest BCUT2D eigenvalue weighted by Crippen LogP contribution is 2.33. The summed E-state index contributed by atoms with van der Waals surface area (Å²) < 4.78 is 5.38. The number of aryl methyl sites for hydroxylation is 1. The van der Waals surface area contributed by atoms with E-state index in [0.29, 0.717) is 0 Å². The van der Waals surface area contributed by atoms with Crippen LogP contribution in [0.2, 0.25) is 0 Å². The third-order valence-electron chi connectivity index (χ3n) is 4.43. The Balaban J connectivity index is 1.45. The molecule has 1 atom stereocenters. The summed E-state index contributed by atoms with van der Waals surface area (Å²) in [5, 5.41) is 0. The van der Waals surface area contributed by atoms with Crippen LogP contribution in [-0.2, 0) is 6.42 Å². The largest absolute Gasteiger partial charge is 0.463 e. The molecule has 4 heteroatoms. The van der Waals surface area contributed by atoms with Crippen LogP contribution in [0.3, 0.4) is 0 Å². The van der Waals surface area contributed by atoms with E-state index < -0.39 is 0 Å². The summed E-state index contributed by atoms with van der Waals surface area (Å²) in [6.45, 7) is 2.20. The maximum atomic E-state index is 5.38. The molecule has 0 saturated heterocycles. The molecule has 0 amide bonds. The number of allylic oxidation sites excluding steroid dienone is 3. The highest BCUT2D eigenvalue weighted by Gasteiger charge is 2.29. The first-order valence-corrected chi connectivity index (χ1v) is 7.95. The minimum Gasteiger partial charge on any atom is -0.463 e. The van der Waals surface area contributed by atoms with E-state index in [1.165, 1.54) is 5.57 Å². The van der Waals surface area contributed by atoms with Gasteiger partial charge in [-0.15, -0.1) is 0 Å². The van der Waals surface area contributed by atoms with Gasteiger partial charge in [0.1, 0.15) is 11.5 Å². The van der Waals surface area contributed by atoms with Crippen molar-refractivity contribution in [3.05, 3.63) is 66.4 Å². The second-order valence-electron chi connectivity index (χ2n) is 6.19. The SMILES string of the molecule is CC12CC=CC=C1C=CC(CCc1ncc(-c3ccco3)[nH]1)=N2. The molecule has 0 bridgehead atoms. The molecule has 2 aliphatic rings. The van der Waals surface area contributed by atoms with E-state index in [1.807, 2.05) is 18.3 Å². The molecular formula is C19H19N3O. The normalized spacial score (nSPS) is 22.7. The molecule has 4 nitrogen and oxygen atoms in total. The van der Waals surface area contributed by atoms with E-state index >= 15 is 0 Å². The second kappa shape index (κ2) is 5.54. The van der Waals surface area contributed by atoms with Crippen molar-refractivity contribution in [1.82, 2.24) is 9.97 Å². The molecule has 23 heavy (non-hydrogen) atoms. The molecule has 4 rings (SSSR count). The van der Waals surface area contributed by atoms with Crippen LogP contribution in [0, 0.1) is 0 Å². The number of fused-ring (bicyclic) bond motifs is 1. The number of H-pyrrole nitrogens is 1. The van der Waals surface area contributed by atoms with Gasteiger partial charge < -0.3 is 9.40 Å². The van der Waals surface area contributed by atoms with Crippen LogP contribution in [0.15, 0.2) is 70.0 Å². The van der Waals surface area contributed by atoms with Crippen LogP contribution in [0.5, 0.6) is 0 Å². The van der Waals surface area contributed by atoms with Crippen molar-refractivity contribution in [3.63, 3.8) is 0 Å². The Morgan fingerprint density at radius 3 is 3.13 bits per heavy atom. The Kier molecular flexibility index (Phi) is 3.37. The smallest absolute Gasteiger partial charge is 0.151 e. The quantitative estimate of drug-likeness (QED) is 0.917. The molecule has 0 spiro atoms. The number of imidazole rings is 1. The number of dihydropyridines is 1. The van der Waals surface area contributed by atoms with Crippen molar-refractivity contribution in [2.24, 2.45) is 4.99 Å². The number of rotatable bonds is 4. The molecule has 0 radical (unpaired) electrons. The molecule has 1 aliphatic heterocycles. The number of hydrogen-bond acceptors (Lipinski definition) is 3. The van der Waals surface area contributed by atoms with Gasteiger partial charge in [-0.25, -0.2) is 4.98 Å². The van der Waals surface area contributed by atoms with E-state index in [9.17, 15) is 0 Å². The van der Waals surface area contributed by atoms with Crippen molar-refractivity contribution in [1.29, 1.82) is 0 Å². The lowest BCUT2D eigenvalue weighted by atomic mass is 9.83. The zero-order valence-corrected chi connectivity index (χ0v) is 13.1. The zero-order valence-electron chi connectivity index (χ0n) is 13.1. The van der Waals surface area contributed by atoms with Crippen LogP contribution in [0.4, 0.5) is 0 Å². The fourth-order valence-electron chi connectivity index (χ4n) is 3.08. The summed E-state index contributed by atoms with van der Waals surface area (Å²) in [5.74, 6) is 1.78. The van der Waals surface area contributed by atoms with E-state index in [2.05, 4.69) is 47.3 Å². The lowest BCUT2D eigenvalue weighted by Gasteiger charge is -2.31. The molecule has 0 saturated carbocycles. The summed E-state index contributed by atoms with van der Waals surface area (Å²) in [6.07, 6.45) is 17.0. The zero-order chi connectivity index (χ0) is 15.7. The van der Waals surface area contributed by atoms with Crippen LogP contribution in [0.1, 0.15) is 25.6 Å². The minimum absolute atomic E-state index is 0.0959. The summed E-state index contributed by atoms with van der Waals surface area (Å²) in [6, 6.07) is 3.80. The summed E-state index contributed by atoms with van der Waals surface area (Å²) >= 11 is 0. The monoisotopic (exact) mass is 305 g/mol. The number of aliphatic imine (C=N–C) groups is 1. The molecule has 0 aromatic carbocycles. The molecule has 2 aromatic heterocycles. The van der Waals surface area contributed by atoms with Gasteiger partial charge in [0.05, 0.1) is 18.0 Å². The summed E-state index contributed by atoms with van der Waals surface area (Å²) in [4.78, 5) is 12.7. The first-order chi connectivity index (χ1) is 11.2. The summed E-state index contributed by atoms with van der Waals surface area (Å²) in [7, 11) is 0. The molecule has 3 heterocycles. The van der Waals surface area contributed by atoms with E-state index in [4.69, 9.17) is 9.41 Å². The number of hydrogen-bond donors (Lipinski definition) is 1. The number of furan rings is 1. The van der Waals surface area contributed by atoms with Gasteiger partial charge in [-0.05, 0) is 43.5 Å². The van der Waals surface area contributed by atoms with Gasteiger partial charge in [0, 0.05) is 12.1 Å². The molecule has 1 N–H and O–H groups in total. The average Bonchev–Trinajstić information content (AvgIpc) is 3.23. The Morgan fingerprint density at radius 1 is 1.30 bits per heavy atom. The lowest BCUT2D eigenvalue weighted by Crippen LogP contribution is -2.29. The molecule has 0 fully saturated rings. The van der Waals surface area contributed by atoms with Gasteiger partial charge in [-0.3, -0.25) is 4.99 Å². The minimum atomic E-state index is -0.0959. The van der Waals surface area contributed by atoms with Crippen LogP contribution >= 0.6 is 0 Å². The maximum Gasteiger partial charge on any atom is 0.151 e. The van der Waals surface area contributed by atoms with Crippen molar-refractivity contribution < 1.29 is 4.42 Å². The topological polar surface area (TPSA) is 54.2 Å². The first kappa shape index (κ1) is 14.0. The van der Waals surface area contributed by atoms with E-state index in [-0.39, 0.29) is 5.54 Å². The Labute approximate surface area is 135 Å². The third-order valence-corrected chi connectivity index (χ3v) is 4.43. The molecule has 1 aliphatic carbocycles. The van der Waals surface area contributed by atoms with Gasteiger partial charge in [-0.1, -0.05) is 24.3 Å². The Bertz CT molecular complexity index is 821. The standard InChI is InChI=1S/C19H19N3O/c1-19-11-3-2-5-14(19)7-8-15(22-19)9-10-18-20-13-16(21-18)17-6-4-12-23-17/h2-8,12-13H,9-11H2,1H3,(H,20,21). The van der Waals surface area contributed by atoms with Crippen LogP contribution < -0.4 is 0 Å². The molecular weight excluding hydrogens is 286 g/mol. The predicted octanol–water partition coefficient (Wildman–Crippen LogP) is 4.26. The van der Waals surface area contributed by atoms with Crippen LogP contribution in [-0.4, -0.2) is 21.2 Å². The highest BCUT2D eigenvalue weighted by atomic mass is 16.3. The predicted molar refractivity (Wildman–Crippen MR) is 91.4 cm³/mol. The fraction of sp³-hybridized carbons (Fsp3) is 0.263. The highest BCUT2D eigenvalue weighted by molar-refractivity contribution is 5.97. The van der Waals surface area contributed by atoms with Crippen molar-refractivity contribution in [2.45, 2.75) is 31.7 Å². The summed E-state index contributed by atoms with van der Waals surface area (Å²) in [5.41, 5.74) is 3.25. The lowest BCUT2D eigenvalue weighted by molar-refractivity contribution is 0.562. The molecule has 116 valence electrons. The van der Waals surface area contributed by atoms with Gasteiger partial charge in [-0.2, -0.15) is 0 Å². The Hall–Kier alpha value is -2.62. The van der Waals surface area contributed by atoms with Gasteiger partial charge in [0.15, 0.2) is 5.76 Å². The number of nitrogens with zero attached hydrogens (tertiary/aromatic N) is 2. The Morgan fingerprint density at radius 2 is 2.26 bits per heavy atom. The van der Waals surface area contributed by atoms with Crippen molar-refractivity contribution >= 4 is 5.71 Å². The van der Waals surface area contributed by atoms with Gasteiger partial charge in [0.2, 0.25) is 0 Å². The fourth-order valence-corrected chi connectivity index (χ4v) is 3.08. The molecule has 1 unspecified atom stereocenters. The molecule has 2 aromatic rings. The average molecular weight is 305 g/mol. The van der Waals surface area contributed by atoms with E-state index in [0.717, 1.165) is 42.3 Å². The van der Waals surface area contributed by atoms with Gasteiger partial charge in [0.25, 0.3) is 0 Å². The third kappa shape index (κ3) is 2.72.